The third kappa shape index (κ3) is 1.77. The molecule has 0 unspecified atom stereocenters. The molecule has 0 aliphatic heterocycles. The first-order valence-electron chi connectivity index (χ1n) is 4.35. The summed E-state index contributed by atoms with van der Waals surface area (Å²) in [6, 6.07) is 0. The van der Waals surface area contributed by atoms with Crippen LogP contribution in [0.3, 0.4) is 0 Å². The highest BCUT2D eigenvalue weighted by Gasteiger charge is 2.18. The van der Waals surface area contributed by atoms with Gasteiger partial charge in [-0.1, -0.05) is 46.4 Å². The molecule has 2 rings (SSSR count). The molecule has 3 nitrogen and oxygen atoms in total. The summed E-state index contributed by atoms with van der Waals surface area (Å²) in [4.78, 5) is 4.09. The lowest BCUT2D eigenvalue weighted by Crippen LogP contribution is -2.00. The van der Waals surface area contributed by atoms with Crippen molar-refractivity contribution in [3.8, 4) is 0 Å². The van der Waals surface area contributed by atoms with Crippen LogP contribution in [0.25, 0.3) is 11.0 Å². The molecule has 1 aromatic carbocycles. The van der Waals surface area contributed by atoms with E-state index in [0.29, 0.717) is 17.6 Å². The van der Waals surface area contributed by atoms with Gasteiger partial charge in [-0.25, -0.2) is 4.98 Å². The number of rotatable bonds is 2. The standard InChI is InChI=1S/C9H6Cl4N2O/c10-4-5(11)7(13)9-8(6(4)12)14-3-15(9)1-2-16/h3,16H,1-2H2. The van der Waals surface area contributed by atoms with Gasteiger partial charge in [-0.3, -0.25) is 0 Å². The summed E-state index contributed by atoms with van der Waals surface area (Å²) in [5.41, 5.74) is 1.06. The number of hydrogen-bond donors (Lipinski definition) is 1. The second-order valence-corrected chi connectivity index (χ2v) is 4.63. The van der Waals surface area contributed by atoms with Crippen LogP contribution in [0.4, 0.5) is 0 Å². The molecule has 1 heterocycles. The van der Waals surface area contributed by atoms with Crippen molar-refractivity contribution in [3.05, 3.63) is 26.4 Å². The highest BCUT2D eigenvalue weighted by Crippen LogP contribution is 2.42. The molecule has 0 saturated heterocycles. The molecule has 0 radical (unpaired) electrons. The lowest BCUT2D eigenvalue weighted by atomic mass is 10.3. The second kappa shape index (κ2) is 4.59. The van der Waals surface area contributed by atoms with Crippen molar-refractivity contribution in [2.45, 2.75) is 6.54 Å². The Balaban J connectivity index is 2.83. The zero-order chi connectivity index (χ0) is 11.9. The number of fused-ring (bicyclic) bond motifs is 1. The van der Waals surface area contributed by atoms with Gasteiger partial charge in [0, 0.05) is 6.54 Å². The molecule has 7 heteroatoms. The smallest absolute Gasteiger partial charge is 0.110 e. The molecule has 1 aromatic heterocycles. The van der Waals surface area contributed by atoms with Crippen molar-refractivity contribution >= 4 is 57.4 Å². The molecule has 0 bridgehead atoms. The Bertz CT molecular complexity index is 552. The third-order valence-corrected chi connectivity index (χ3v) is 3.95. The van der Waals surface area contributed by atoms with Crippen molar-refractivity contribution < 1.29 is 5.11 Å². The van der Waals surface area contributed by atoms with E-state index in [2.05, 4.69) is 4.98 Å². The number of aliphatic hydroxyl groups excluding tert-OH is 1. The Kier molecular flexibility index (Phi) is 3.52. The fourth-order valence-corrected chi connectivity index (χ4v) is 2.44. The van der Waals surface area contributed by atoms with Crippen LogP contribution >= 0.6 is 46.4 Å². The molecular weight excluding hydrogens is 294 g/mol. The van der Waals surface area contributed by atoms with E-state index < -0.39 is 0 Å². The molecule has 0 aliphatic rings. The Labute approximate surface area is 111 Å². The lowest BCUT2D eigenvalue weighted by Gasteiger charge is -2.07. The summed E-state index contributed by atoms with van der Waals surface area (Å²) in [6.07, 6.45) is 1.53. The fraction of sp³-hybridized carbons (Fsp3) is 0.222. The predicted octanol–water partition coefficient (Wildman–Crippen LogP) is 3.64. The maximum atomic E-state index is 8.90. The average molecular weight is 300 g/mol. The lowest BCUT2D eigenvalue weighted by molar-refractivity contribution is 0.278. The van der Waals surface area contributed by atoms with Crippen molar-refractivity contribution in [2.75, 3.05) is 6.61 Å². The van der Waals surface area contributed by atoms with Gasteiger partial charge in [-0.15, -0.1) is 0 Å². The number of imidazole rings is 1. The number of hydrogen-bond acceptors (Lipinski definition) is 2. The Morgan fingerprint density at radius 3 is 2.31 bits per heavy atom. The number of aliphatic hydroxyl groups is 1. The number of benzene rings is 1. The molecule has 2 aromatic rings. The molecule has 1 N–H and O–H groups in total. The van der Waals surface area contributed by atoms with E-state index in [1.165, 1.54) is 6.33 Å². The van der Waals surface area contributed by atoms with Gasteiger partial charge in [0.25, 0.3) is 0 Å². The van der Waals surface area contributed by atoms with Gasteiger partial charge in [0.2, 0.25) is 0 Å². The van der Waals surface area contributed by atoms with E-state index in [1.807, 2.05) is 0 Å². The quantitative estimate of drug-likeness (QED) is 0.679. The van der Waals surface area contributed by atoms with Crippen molar-refractivity contribution in [3.63, 3.8) is 0 Å². The summed E-state index contributed by atoms with van der Waals surface area (Å²) in [5, 5.41) is 9.84. The van der Waals surface area contributed by atoms with Gasteiger partial charge < -0.3 is 9.67 Å². The summed E-state index contributed by atoms with van der Waals surface area (Å²) in [6.45, 7) is 0.337. The molecule has 0 saturated carbocycles. The van der Waals surface area contributed by atoms with E-state index >= 15 is 0 Å². The monoisotopic (exact) mass is 298 g/mol. The normalized spacial score (nSPS) is 11.3. The van der Waals surface area contributed by atoms with Crippen LogP contribution in [0.5, 0.6) is 0 Å². The summed E-state index contributed by atoms with van der Waals surface area (Å²) < 4.78 is 1.67. The summed E-state index contributed by atoms with van der Waals surface area (Å²) >= 11 is 23.9. The first kappa shape index (κ1) is 12.3. The first-order chi connectivity index (χ1) is 7.57. The van der Waals surface area contributed by atoms with Gasteiger partial charge in [0.1, 0.15) is 5.52 Å². The van der Waals surface area contributed by atoms with Gasteiger partial charge in [0.05, 0.1) is 38.5 Å². The first-order valence-corrected chi connectivity index (χ1v) is 5.86. The van der Waals surface area contributed by atoms with E-state index in [-0.39, 0.29) is 26.7 Å². The summed E-state index contributed by atoms with van der Waals surface area (Å²) in [7, 11) is 0. The maximum absolute atomic E-state index is 8.90. The highest BCUT2D eigenvalue weighted by atomic mass is 35.5. The van der Waals surface area contributed by atoms with Gasteiger partial charge in [-0.05, 0) is 0 Å². The SMILES string of the molecule is OCCn1cnc2c(Cl)c(Cl)c(Cl)c(Cl)c21. The van der Waals surface area contributed by atoms with Gasteiger partial charge >= 0.3 is 0 Å². The van der Waals surface area contributed by atoms with Crippen LogP contribution in [0.1, 0.15) is 0 Å². The largest absolute Gasteiger partial charge is 0.395 e. The molecule has 0 atom stereocenters. The topological polar surface area (TPSA) is 38.0 Å². The zero-order valence-corrected chi connectivity index (χ0v) is 10.9. The van der Waals surface area contributed by atoms with Crippen LogP contribution in [0.2, 0.25) is 20.1 Å². The predicted molar refractivity (Wildman–Crippen MR) is 66.9 cm³/mol. The third-order valence-electron chi connectivity index (χ3n) is 2.17. The zero-order valence-electron chi connectivity index (χ0n) is 7.85. The molecule has 0 amide bonds. The Hall–Kier alpha value is -0.190. The molecule has 86 valence electrons. The average Bonchev–Trinajstić information content (AvgIpc) is 2.68. The van der Waals surface area contributed by atoms with Crippen LogP contribution in [0, 0.1) is 0 Å². The van der Waals surface area contributed by atoms with Crippen LogP contribution < -0.4 is 0 Å². The molecule has 0 fully saturated rings. The van der Waals surface area contributed by atoms with E-state index in [1.54, 1.807) is 4.57 Å². The number of nitrogens with zero attached hydrogens (tertiary/aromatic N) is 2. The van der Waals surface area contributed by atoms with Crippen molar-refractivity contribution in [1.29, 1.82) is 0 Å². The molecule has 0 spiro atoms. The van der Waals surface area contributed by atoms with Crippen molar-refractivity contribution in [2.24, 2.45) is 0 Å². The van der Waals surface area contributed by atoms with Crippen LogP contribution in [-0.2, 0) is 6.54 Å². The van der Waals surface area contributed by atoms with E-state index in [9.17, 15) is 0 Å². The number of halogens is 4. The second-order valence-electron chi connectivity index (χ2n) is 3.11. The fourth-order valence-electron chi connectivity index (χ4n) is 1.45. The van der Waals surface area contributed by atoms with Crippen molar-refractivity contribution in [1.82, 2.24) is 9.55 Å². The maximum Gasteiger partial charge on any atom is 0.110 e. The minimum absolute atomic E-state index is 0.0281. The molecule has 0 aliphatic carbocycles. The Morgan fingerprint density at radius 2 is 1.69 bits per heavy atom. The Morgan fingerprint density at radius 1 is 1.06 bits per heavy atom. The van der Waals surface area contributed by atoms with Gasteiger partial charge in [0.15, 0.2) is 0 Å². The highest BCUT2D eigenvalue weighted by molar-refractivity contribution is 6.54. The summed E-state index contributed by atoms with van der Waals surface area (Å²) in [5.74, 6) is 0. The van der Waals surface area contributed by atoms with E-state index in [0.717, 1.165) is 0 Å². The van der Waals surface area contributed by atoms with Crippen LogP contribution in [-0.4, -0.2) is 21.3 Å². The van der Waals surface area contributed by atoms with Crippen LogP contribution in [0.15, 0.2) is 6.33 Å². The molecule has 16 heavy (non-hydrogen) atoms. The van der Waals surface area contributed by atoms with Gasteiger partial charge in [-0.2, -0.15) is 0 Å². The minimum atomic E-state index is -0.0281. The van der Waals surface area contributed by atoms with E-state index in [4.69, 9.17) is 51.5 Å². The number of aromatic nitrogens is 2. The minimum Gasteiger partial charge on any atom is -0.395 e. The molecular formula is C9H6Cl4N2O.